The molecule has 0 aliphatic heterocycles. The first kappa shape index (κ1) is 17.6. The third kappa shape index (κ3) is 4.62. The molecular weight excluding hydrogens is 397 g/mol. The van der Waals surface area contributed by atoms with Crippen LogP contribution in [0.1, 0.15) is 11.1 Å². The highest BCUT2D eigenvalue weighted by molar-refractivity contribution is 9.10. The predicted octanol–water partition coefficient (Wildman–Crippen LogP) is 6.38. The summed E-state index contributed by atoms with van der Waals surface area (Å²) in [4.78, 5) is 0. The topological polar surface area (TPSA) is 33.0 Å². The number of rotatable bonds is 5. The summed E-state index contributed by atoms with van der Waals surface area (Å²) in [7, 11) is 0. The van der Waals surface area contributed by atoms with Crippen molar-refractivity contribution in [3.05, 3.63) is 74.7 Å². The second kappa shape index (κ2) is 8.21. The Morgan fingerprint density at radius 3 is 2.35 bits per heavy atom. The number of nitriles is 1. The molecule has 0 fully saturated rings. The van der Waals surface area contributed by atoms with Gasteiger partial charge in [-0.15, -0.1) is 0 Å². The Kier molecular flexibility index (Phi) is 6.29. The van der Waals surface area contributed by atoms with Crippen LogP contribution in [0.5, 0.6) is 5.75 Å². The van der Waals surface area contributed by atoms with E-state index in [1.165, 1.54) is 0 Å². The molecule has 2 aromatic carbocycles. The first-order chi connectivity index (χ1) is 11.0. The van der Waals surface area contributed by atoms with Gasteiger partial charge in [-0.1, -0.05) is 63.9 Å². The van der Waals surface area contributed by atoms with Crippen molar-refractivity contribution in [2.45, 2.75) is 0 Å². The Labute approximate surface area is 153 Å². The van der Waals surface area contributed by atoms with E-state index in [2.05, 4.69) is 28.6 Å². The van der Waals surface area contributed by atoms with Gasteiger partial charge < -0.3 is 4.74 Å². The lowest BCUT2D eigenvalue weighted by Crippen LogP contribution is -1.95. The minimum atomic E-state index is 0.316. The molecule has 5 heteroatoms. The molecule has 0 aromatic heterocycles. The van der Waals surface area contributed by atoms with E-state index < -0.39 is 0 Å². The van der Waals surface area contributed by atoms with Crippen LogP contribution in [-0.2, 0) is 0 Å². The molecule has 0 radical (unpaired) electrons. The molecule has 0 amide bonds. The second-order valence-electron chi connectivity index (χ2n) is 4.59. The smallest absolute Gasteiger partial charge is 0.156 e. The van der Waals surface area contributed by atoms with Crippen LogP contribution in [-0.4, -0.2) is 6.61 Å². The van der Waals surface area contributed by atoms with E-state index in [4.69, 9.17) is 27.9 Å². The highest BCUT2D eigenvalue weighted by Crippen LogP contribution is 2.35. The summed E-state index contributed by atoms with van der Waals surface area (Å²) in [6.45, 7) is 3.90. The van der Waals surface area contributed by atoms with Gasteiger partial charge in [0.15, 0.2) is 5.75 Å². The third-order valence-electron chi connectivity index (χ3n) is 2.95. The van der Waals surface area contributed by atoms with Crippen LogP contribution >= 0.6 is 39.1 Å². The summed E-state index contributed by atoms with van der Waals surface area (Å²) >= 11 is 15.8. The van der Waals surface area contributed by atoms with Gasteiger partial charge in [-0.3, -0.25) is 0 Å². The summed E-state index contributed by atoms with van der Waals surface area (Å²) in [5.41, 5.74) is 2.06. The van der Waals surface area contributed by atoms with Crippen molar-refractivity contribution < 1.29 is 4.74 Å². The maximum atomic E-state index is 9.39. The van der Waals surface area contributed by atoms with Crippen LogP contribution < -0.4 is 4.74 Å². The fourth-order valence-electron chi connectivity index (χ4n) is 1.92. The highest BCUT2D eigenvalue weighted by Gasteiger charge is 2.10. The van der Waals surface area contributed by atoms with Gasteiger partial charge >= 0.3 is 0 Å². The summed E-state index contributed by atoms with van der Waals surface area (Å²) in [6, 6.07) is 13.1. The van der Waals surface area contributed by atoms with Crippen LogP contribution in [0.2, 0.25) is 10.0 Å². The molecule has 2 nitrogen and oxygen atoms in total. The van der Waals surface area contributed by atoms with E-state index >= 15 is 0 Å². The van der Waals surface area contributed by atoms with Crippen LogP contribution in [0, 0.1) is 11.3 Å². The zero-order valence-corrected chi connectivity index (χ0v) is 15.1. The van der Waals surface area contributed by atoms with E-state index in [9.17, 15) is 5.26 Å². The molecule has 0 aliphatic carbocycles. The lowest BCUT2D eigenvalue weighted by atomic mass is 10.0. The Bertz CT molecular complexity index is 769. The van der Waals surface area contributed by atoms with E-state index in [-0.39, 0.29) is 0 Å². The molecule has 2 rings (SSSR count). The van der Waals surface area contributed by atoms with Crippen molar-refractivity contribution >= 4 is 50.8 Å². The first-order valence-electron chi connectivity index (χ1n) is 6.65. The average molecular weight is 409 g/mol. The molecule has 23 heavy (non-hydrogen) atoms. The summed E-state index contributed by atoms with van der Waals surface area (Å²) < 4.78 is 6.38. The normalized spacial score (nSPS) is 11.0. The molecule has 2 aromatic rings. The molecule has 0 heterocycles. The number of hydrogen-bond acceptors (Lipinski definition) is 2. The maximum absolute atomic E-state index is 9.39. The first-order valence-corrected chi connectivity index (χ1v) is 8.20. The summed E-state index contributed by atoms with van der Waals surface area (Å²) in [6.07, 6.45) is 3.35. The second-order valence-corrected chi connectivity index (χ2v) is 6.32. The van der Waals surface area contributed by atoms with Crippen molar-refractivity contribution in [2.75, 3.05) is 6.61 Å². The van der Waals surface area contributed by atoms with Gasteiger partial charge in [-0.25, -0.2) is 0 Å². The lowest BCUT2D eigenvalue weighted by molar-refractivity contribution is 0.363. The number of hydrogen-bond donors (Lipinski definition) is 0. The van der Waals surface area contributed by atoms with E-state index in [0.717, 1.165) is 15.6 Å². The Morgan fingerprint density at radius 1 is 1.22 bits per heavy atom. The monoisotopic (exact) mass is 407 g/mol. The Morgan fingerprint density at radius 2 is 1.83 bits per heavy atom. The fraction of sp³-hybridized carbons (Fsp3) is 0.0556. The van der Waals surface area contributed by atoms with Crippen molar-refractivity contribution in [3.63, 3.8) is 0 Å². The average Bonchev–Trinajstić information content (AvgIpc) is 2.53. The van der Waals surface area contributed by atoms with Gasteiger partial charge in [0.1, 0.15) is 6.61 Å². The van der Waals surface area contributed by atoms with Gasteiger partial charge in [-0.05, 0) is 41.5 Å². The number of halogens is 3. The van der Waals surface area contributed by atoms with Crippen LogP contribution in [0.25, 0.3) is 11.6 Å². The molecule has 0 N–H and O–H groups in total. The van der Waals surface area contributed by atoms with Gasteiger partial charge in [0.25, 0.3) is 0 Å². The highest BCUT2D eigenvalue weighted by atomic mass is 79.9. The quantitative estimate of drug-likeness (QED) is 0.326. The molecule has 116 valence electrons. The zero-order valence-electron chi connectivity index (χ0n) is 12.0. The number of benzene rings is 2. The molecule has 0 aliphatic rings. The Hall–Kier alpha value is -1.73. The van der Waals surface area contributed by atoms with E-state index in [1.54, 1.807) is 24.3 Å². The number of ether oxygens (including phenoxy) is 1. The molecular formula is C18H12BrCl2NO. The predicted molar refractivity (Wildman–Crippen MR) is 99.8 cm³/mol. The van der Waals surface area contributed by atoms with E-state index in [0.29, 0.717) is 28.0 Å². The van der Waals surface area contributed by atoms with Gasteiger partial charge in [0.2, 0.25) is 0 Å². The fourth-order valence-corrected chi connectivity index (χ4v) is 2.80. The molecule has 0 atom stereocenters. The number of nitrogens with zero attached hydrogens (tertiary/aromatic N) is 1. The Balaban J connectivity index is 2.39. The van der Waals surface area contributed by atoms with Crippen LogP contribution in [0.15, 0.2) is 53.5 Å². The minimum absolute atomic E-state index is 0.316. The van der Waals surface area contributed by atoms with Crippen molar-refractivity contribution in [1.82, 2.24) is 0 Å². The molecule has 0 spiro atoms. The molecule has 0 unspecified atom stereocenters. The molecule has 0 saturated carbocycles. The van der Waals surface area contributed by atoms with Gasteiger partial charge in [0, 0.05) is 4.47 Å². The van der Waals surface area contributed by atoms with Gasteiger partial charge in [0.05, 0.1) is 21.7 Å². The summed E-state index contributed by atoms with van der Waals surface area (Å²) in [5, 5.41) is 10.2. The van der Waals surface area contributed by atoms with E-state index in [1.807, 2.05) is 24.3 Å². The van der Waals surface area contributed by atoms with Crippen molar-refractivity contribution in [1.29, 1.82) is 5.26 Å². The van der Waals surface area contributed by atoms with Crippen LogP contribution in [0.3, 0.4) is 0 Å². The van der Waals surface area contributed by atoms with Gasteiger partial charge in [-0.2, -0.15) is 5.26 Å². The summed E-state index contributed by atoms with van der Waals surface area (Å²) in [5.74, 6) is 0.410. The zero-order chi connectivity index (χ0) is 16.8. The third-order valence-corrected chi connectivity index (χ3v) is 4.04. The van der Waals surface area contributed by atoms with Crippen LogP contribution in [0.4, 0.5) is 0 Å². The molecule has 0 bridgehead atoms. The minimum Gasteiger partial charge on any atom is -0.486 e. The van der Waals surface area contributed by atoms with Crippen molar-refractivity contribution in [3.8, 4) is 11.8 Å². The van der Waals surface area contributed by atoms with Crippen molar-refractivity contribution in [2.24, 2.45) is 0 Å². The SMILES string of the molecule is C=CCOc1c(Cl)cc(/C=C(\C#N)c2ccc(Br)cc2)cc1Cl. The maximum Gasteiger partial charge on any atom is 0.156 e. The molecule has 0 saturated heterocycles. The number of allylic oxidation sites excluding steroid dienone is 1. The lowest BCUT2D eigenvalue weighted by Gasteiger charge is -2.09. The largest absolute Gasteiger partial charge is 0.486 e. The standard InChI is InChI=1S/C18H12BrCl2NO/c1-2-7-23-18-16(20)9-12(10-17(18)21)8-14(11-22)13-3-5-15(19)6-4-13/h2-6,8-10H,1,7H2/b14-8+.